The highest BCUT2D eigenvalue weighted by molar-refractivity contribution is 9.10. The van der Waals surface area contributed by atoms with Crippen LogP contribution in [0.2, 0.25) is 0 Å². The predicted molar refractivity (Wildman–Crippen MR) is 74.0 cm³/mol. The zero-order valence-electron chi connectivity index (χ0n) is 9.64. The predicted octanol–water partition coefficient (Wildman–Crippen LogP) is 2.84. The summed E-state index contributed by atoms with van der Waals surface area (Å²) in [5, 5.41) is 4.81. The molecular weight excluding hydrogens is 316 g/mol. The quantitative estimate of drug-likeness (QED) is 0.939. The number of carbonyl (C=O) groups excluding carboxylic acids is 1. The summed E-state index contributed by atoms with van der Waals surface area (Å²) in [5.41, 5.74) is 0.438. The first-order chi connectivity index (χ1) is 8.72. The standard InChI is InChI=1S/C12H11BrN2O2S/c1-17-12-8(3-2-5-14-12)11(16)15-7-10-9(13)4-6-18-10/h2-6H,7H2,1H3,(H,15,16). The molecule has 0 unspecified atom stereocenters. The maximum absolute atomic E-state index is 12.0. The van der Waals surface area contributed by atoms with E-state index in [1.54, 1.807) is 29.7 Å². The highest BCUT2D eigenvalue weighted by atomic mass is 79.9. The van der Waals surface area contributed by atoms with E-state index in [1.807, 2.05) is 11.4 Å². The molecule has 2 heterocycles. The lowest BCUT2D eigenvalue weighted by molar-refractivity contribution is 0.0947. The largest absolute Gasteiger partial charge is 0.480 e. The first-order valence-electron chi connectivity index (χ1n) is 5.21. The number of nitrogens with one attached hydrogen (secondary N) is 1. The van der Waals surface area contributed by atoms with E-state index >= 15 is 0 Å². The number of nitrogens with zero attached hydrogens (tertiary/aromatic N) is 1. The molecule has 0 atom stereocenters. The normalized spacial score (nSPS) is 10.1. The number of hydrogen-bond acceptors (Lipinski definition) is 4. The van der Waals surface area contributed by atoms with Gasteiger partial charge in [0.1, 0.15) is 5.56 Å². The third kappa shape index (κ3) is 2.88. The monoisotopic (exact) mass is 326 g/mol. The molecule has 0 aliphatic carbocycles. The summed E-state index contributed by atoms with van der Waals surface area (Å²) in [4.78, 5) is 17.1. The van der Waals surface area contributed by atoms with E-state index in [-0.39, 0.29) is 5.91 Å². The molecule has 2 aromatic rings. The van der Waals surface area contributed by atoms with Crippen molar-refractivity contribution in [1.82, 2.24) is 10.3 Å². The number of ether oxygens (including phenoxy) is 1. The van der Waals surface area contributed by atoms with Crippen molar-refractivity contribution in [3.05, 3.63) is 44.7 Å². The van der Waals surface area contributed by atoms with E-state index < -0.39 is 0 Å². The van der Waals surface area contributed by atoms with Gasteiger partial charge in [0.25, 0.3) is 5.91 Å². The third-order valence-corrected chi connectivity index (χ3v) is 4.24. The molecule has 2 aromatic heterocycles. The Hall–Kier alpha value is -1.40. The minimum absolute atomic E-state index is 0.194. The molecular formula is C12H11BrN2O2S. The van der Waals surface area contributed by atoms with E-state index in [1.165, 1.54) is 7.11 Å². The van der Waals surface area contributed by atoms with Gasteiger partial charge in [-0.25, -0.2) is 4.98 Å². The molecule has 4 nitrogen and oxygen atoms in total. The Morgan fingerprint density at radius 3 is 3.06 bits per heavy atom. The molecule has 0 saturated carbocycles. The molecule has 0 aliphatic rings. The fraction of sp³-hybridized carbons (Fsp3) is 0.167. The number of hydrogen-bond donors (Lipinski definition) is 1. The van der Waals surface area contributed by atoms with Crippen LogP contribution in [0.3, 0.4) is 0 Å². The number of aromatic nitrogens is 1. The molecule has 1 N–H and O–H groups in total. The smallest absolute Gasteiger partial charge is 0.257 e. The number of amides is 1. The van der Waals surface area contributed by atoms with Crippen LogP contribution in [0.1, 0.15) is 15.2 Å². The van der Waals surface area contributed by atoms with Gasteiger partial charge in [-0.3, -0.25) is 4.79 Å². The highest BCUT2D eigenvalue weighted by Gasteiger charge is 2.13. The van der Waals surface area contributed by atoms with Crippen molar-refractivity contribution >= 4 is 33.2 Å². The van der Waals surface area contributed by atoms with Gasteiger partial charge in [0, 0.05) is 15.5 Å². The van der Waals surface area contributed by atoms with E-state index in [9.17, 15) is 4.79 Å². The minimum atomic E-state index is -0.194. The molecule has 0 spiro atoms. The SMILES string of the molecule is COc1ncccc1C(=O)NCc1sccc1Br. The Labute approximate surface area is 117 Å². The van der Waals surface area contributed by atoms with Gasteiger partial charge < -0.3 is 10.1 Å². The number of pyridine rings is 1. The van der Waals surface area contributed by atoms with Crippen LogP contribution in [0.15, 0.2) is 34.2 Å². The number of methoxy groups -OCH3 is 1. The third-order valence-electron chi connectivity index (χ3n) is 2.31. The topological polar surface area (TPSA) is 51.2 Å². The van der Waals surface area contributed by atoms with Crippen LogP contribution in [0.5, 0.6) is 5.88 Å². The average Bonchev–Trinajstić information content (AvgIpc) is 2.81. The van der Waals surface area contributed by atoms with Gasteiger partial charge in [-0.2, -0.15) is 0 Å². The van der Waals surface area contributed by atoms with Gasteiger partial charge in [0.15, 0.2) is 0 Å². The minimum Gasteiger partial charge on any atom is -0.480 e. The summed E-state index contributed by atoms with van der Waals surface area (Å²) >= 11 is 5.01. The van der Waals surface area contributed by atoms with E-state index in [0.717, 1.165) is 9.35 Å². The molecule has 0 radical (unpaired) electrons. The van der Waals surface area contributed by atoms with Crippen molar-refractivity contribution in [2.24, 2.45) is 0 Å². The molecule has 0 aliphatic heterocycles. The first-order valence-corrected chi connectivity index (χ1v) is 6.88. The lowest BCUT2D eigenvalue weighted by Gasteiger charge is -2.07. The summed E-state index contributed by atoms with van der Waals surface area (Å²) in [7, 11) is 1.50. The molecule has 0 saturated heterocycles. The molecule has 6 heteroatoms. The number of carbonyl (C=O) groups is 1. The number of halogens is 1. The van der Waals surface area contributed by atoms with E-state index in [4.69, 9.17) is 4.74 Å². The van der Waals surface area contributed by atoms with Crippen LogP contribution in [-0.4, -0.2) is 18.0 Å². The Bertz CT molecular complexity index is 557. The molecule has 0 aromatic carbocycles. The maximum atomic E-state index is 12.0. The van der Waals surface area contributed by atoms with Crippen molar-refractivity contribution in [3.63, 3.8) is 0 Å². The lowest BCUT2D eigenvalue weighted by Crippen LogP contribution is -2.23. The van der Waals surface area contributed by atoms with E-state index in [0.29, 0.717) is 18.0 Å². The second-order valence-electron chi connectivity index (χ2n) is 3.43. The van der Waals surface area contributed by atoms with Crippen molar-refractivity contribution in [2.75, 3.05) is 7.11 Å². The highest BCUT2D eigenvalue weighted by Crippen LogP contribution is 2.22. The second kappa shape index (κ2) is 5.97. The zero-order chi connectivity index (χ0) is 13.0. The van der Waals surface area contributed by atoms with Gasteiger partial charge in [-0.05, 0) is 39.5 Å². The zero-order valence-corrected chi connectivity index (χ0v) is 12.0. The Morgan fingerprint density at radius 2 is 2.39 bits per heavy atom. The van der Waals surface area contributed by atoms with Crippen molar-refractivity contribution < 1.29 is 9.53 Å². The molecule has 94 valence electrons. The van der Waals surface area contributed by atoms with Gasteiger partial charge in [-0.15, -0.1) is 11.3 Å². The van der Waals surface area contributed by atoms with Crippen LogP contribution < -0.4 is 10.1 Å². The molecule has 0 fully saturated rings. The Morgan fingerprint density at radius 1 is 1.56 bits per heavy atom. The van der Waals surface area contributed by atoms with Crippen LogP contribution in [0.4, 0.5) is 0 Å². The van der Waals surface area contributed by atoms with Crippen LogP contribution in [0.25, 0.3) is 0 Å². The van der Waals surface area contributed by atoms with Gasteiger partial charge in [-0.1, -0.05) is 0 Å². The van der Waals surface area contributed by atoms with Gasteiger partial charge in [0.2, 0.25) is 5.88 Å². The average molecular weight is 327 g/mol. The second-order valence-corrected chi connectivity index (χ2v) is 5.29. The van der Waals surface area contributed by atoms with Crippen LogP contribution in [-0.2, 0) is 6.54 Å². The lowest BCUT2D eigenvalue weighted by atomic mass is 10.2. The fourth-order valence-corrected chi connectivity index (χ4v) is 2.87. The summed E-state index contributed by atoms with van der Waals surface area (Å²) in [6.45, 7) is 0.481. The summed E-state index contributed by atoms with van der Waals surface area (Å²) in [6, 6.07) is 5.35. The van der Waals surface area contributed by atoms with Crippen LogP contribution in [0, 0.1) is 0 Å². The maximum Gasteiger partial charge on any atom is 0.257 e. The Balaban J connectivity index is 2.06. The van der Waals surface area contributed by atoms with Gasteiger partial charge >= 0.3 is 0 Å². The molecule has 2 rings (SSSR count). The number of rotatable bonds is 4. The molecule has 18 heavy (non-hydrogen) atoms. The Kier molecular flexibility index (Phi) is 4.33. The number of thiophene rings is 1. The van der Waals surface area contributed by atoms with Crippen LogP contribution >= 0.6 is 27.3 Å². The van der Waals surface area contributed by atoms with Crippen molar-refractivity contribution in [1.29, 1.82) is 0 Å². The first kappa shape index (κ1) is 13.0. The summed E-state index contributed by atoms with van der Waals surface area (Å²) < 4.78 is 6.05. The molecule has 0 bridgehead atoms. The van der Waals surface area contributed by atoms with Crippen molar-refractivity contribution in [2.45, 2.75) is 6.54 Å². The van der Waals surface area contributed by atoms with Gasteiger partial charge in [0.05, 0.1) is 13.7 Å². The van der Waals surface area contributed by atoms with E-state index in [2.05, 4.69) is 26.2 Å². The van der Waals surface area contributed by atoms with Crippen molar-refractivity contribution in [3.8, 4) is 5.88 Å². The summed E-state index contributed by atoms with van der Waals surface area (Å²) in [6.07, 6.45) is 1.59. The molecule has 1 amide bonds. The fourth-order valence-electron chi connectivity index (χ4n) is 1.43. The summed E-state index contributed by atoms with van der Waals surface area (Å²) in [5.74, 6) is 0.139.